The van der Waals surface area contributed by atoms with Gasteiger partial charge in [-0.05, 0) is 25.1 Å². The van der Waals surface area contributed by atoms with Gasteiger partial charge in [-0.25, -0.2) is 0 Å². The van der Waals surface area contributed by atoms with Gasteiger partial charge in [0.05, 0.1) is 5.52 Å². The van der Waals surface area contributed by atoms with Crippen LogP contribution >= 0.6 is 15.9 Å². The fourth-order valence-corrected chi connectivity index (χ4v) is 6.39. The van der Waals surface area contributed by atoms with Crippen molar-refractivity contribution in [3.63, 3.8) is 0 Å². The number of fused-ring (bicyclic) bond motifs is 2. The molecule has 130 valence electrons. The van der Waals surface area contributed by atoms with E-state index >= 15 is 0 Å². The van der Waals surface area contributed by atoms with E-state index in [-0.39, 0.29) is 0 Å². The van der Waals surface area contributed by atoms with Gasteiger partial charge >= 0.3 is 88.7 Å². The van der Waals surface area contributed by atoms with Gasteiger partial charge in [-0.3, -0.25) is 5.10 Å². The summed E-state index contributed by atoms with van der Waals surface area (Å²) in [4.78, 5) is 7.31. The summed E-state index contributed by atoms with van der Waals surface area (Å²) < 4.78 is 2.66. The van der Waals surface area contributed by atoms with Gasteiger partial charge in [-0.1, -0.05) is 15.9 Å². The van der Waals surface area contributed by atoms with Crippen LogP contribution in [0, 0.1) is 13.8 Å². The van der Waals surface area contributed by atoms with Crippen molar-refractivity contribution >= 4 is 59.7 Å². The molecule has 0 aliphatic carbocycles. The fraction of sp³-hybridized carbons (Fsp3) is 0.263. The zero-order valence-electron chi connectivity index (χ0n) is 15.2. The number of aromatic amines is 2. The van der Waals surface area contributed by atoms with Gasteiger partial charge < -0.3 is 0 Å². The van der Waals surface area contributed by atoms with Crippen LogP contribution in [0.15, 0.2) is 40.9 Å². The average Bonchev–Trinajstić information content (AvgIpc) is 3.11. The Morgan fingerprint density at radius 3 is 1.88 bits per heavy atom. The molecule has 0 aliphatic heterocycles. The maximum absolute atomic E-state index is 4.24. The van der Waals surface area contributed by atoms with Crippen molar-refractivity contribution < 1.29 is 0 Å². The first-order valence-electron chi connectivity index (χ1n) is 8.31. The maximum Gasteiger partial charge on any atom is 0.0924 e. The number of nitrogens with one attached hydrogen (secondary N) is 2. The largest absolute Gasteiger partial charge is 0.282 e. The Hall–Kier alpha value is -1.34. The molecule has 4 rings (SSSR count). The number of aryl methyl sites for hydroxylation is 2. The van der Waals surface area contributed by atoms with Crippen LogP contribution in [-0.4, -0.2) is 38.8 Å². The number of rotatable bonds is 1. The van der Waals surface area contributed by atoms with E-state index in [9.17, 15) is 0 Å². The van der Waals surface area contributed by atoms with Crippen molar-refractivity contribution in [1.29, 1.82) is 0 Å². The molecule has 0 spiro atoms. The van der Waals surface area contributed by atoms with Crippen LogP contribution in [0.3, 0.4) is 0 Å². The molecule has 4 aromatic rings. The second-order valence-electron chi connectivity index (χ2n) is 7.34. The molecular formula is C19H23BrN4Sn. The molecule has 2 N–H and O–H groups in total. The number of hydrogen-bond donors (Lipinski definition) is 2. The normalized spacial score (nSPS) is 11.6. The van der Waals surface area contributed by atoms with Crippen LogP contribution in [0.4, 0.5) is 0 Å². The Morgan fingerprint density at radius 2 is 1.32 bits per heavy atom. The molecule has 25 heavy (non-hydrogen) atoms. The monoisotopic (exact) mass is 506 g/mol. The minimum atomic E-state index is -1.90. The molecule has 2 aromatic heterocycles. The van der Waals surface area contributed by atoms with E-state index in [2.05, 4.69) is 82.3 Å². The predicted molar refractivity (Wildman–Crippen MR) is 112 cm³/mol. The maximum atomic E-state index is 4.24. The summed E-state index contributed by atoms with van der Waals surface area (Å²) in [6, 6.07) is 12.7. The molecule has 4 nitrogen and oxygen atoms in total. The minimum Gasteiger partial charge on any atom is -0.282 e. The van der Waals surface area contributed by atoms with Crippen LogP contribution in [0.1, 0.15) is 11.4 Å². The summed E-state index contributed by atoms with van der Waals surface area (Å²) in [7, 11) is 0. The summed E-state index contributed by atoms with van der Waals surface area (Å²) >= 11 is 1.51. The van der Waals surface area contributed by atoms with Crippen molar-refractivity contribution in [1.82, 2.24) is 20.4 Å². The predicted octanol–water partition coefficient (Wildman–Crippen LogP) is 5.05. The summed E-state index contributed by atoms with van der Waals surface area (Å²) in [6.07, 6.45) is 0. The smallest absolute Gasteiger partial charge is 0.0924 e. The van der Waals surface area contributed by atoms with Crippen molar-refractivity contribution in [2.45, 2.75) is 28.7 Å². The molecular weight excluding hydrogens is 483 g/mol. The second kappa shape index (κ2) is 7.11. The first kappa shape index (κ1) is 18.4. The molecule has 0 atom stereocenters. The van der Waals surface area contributed by atoms with E-state index < -0.39 is 18.4 Å². The number of aromatic nitrogens is 4. The minimum absolute atomic E-state index is 1.02. The quantitative estimate of drug-likeness (QED) is 0.356. The van der Waals surface area contributed by atoms with Gasteiger partial charge in [0.2, 0.25) is 0 Å². The third-order valence-corrected chi connectivity index (χ3v) is 10.6. The zero-order valence-corrected chi connectivity index (χ0v) is 19.7. The van der Waals surface area contributed by atoms with Gasteiger partial charge in [-0.15, -0.1) is 0 Å². The fourth-order valence-electron chi connectivity index (χ4n) is 2.72. The van der Waals surface area contributed by atoms with E-state index in [1.807, 2.05) is 19.1 Å². The molecule has 6 heteroatoms. The van der Waals surface area contributed by atoms with E-state index in [4.69, 9.17) is 0 Å². The van der Waals surface area contributed by atoms with Gasteiger partial charge in [-0.2, -0.15) is 5.10 Å². The van der Waals surface area contributed by atoms with Crippen LogP contribution < -0.4 is 3.58 Å². The third-order valence-electron chi connectivity index (χ3n) is 4.32. The number of halogens is 1. The molecule has 0 bridgehead atoms. The van der Waals surface area contributed by atoms with Crippen LogP contribution in [-0.2, 0) is 0 Å². The molecule has 0 aliphatic rings. The van der Waals surface area contributed by atoms with E-state index in [1.54, 1.807) is 3.58 Å². The molecule has 2 aromatic carbocycles. The standard InChI is InChI=1S/C8H7BrN2.C8H7N2.3CH3.Sn/c1-5-7-4-6(9)2-3-8(7)11-10-5;1-6-7-4-2-3-5-8(7)10-9-6;;;;/h2-4H,1H3,(H,10,11);3-5H,1H3,(H,9,10);3*1H3;. The average molecular weight is 506 g/mol. The Balaban J connectivity index is 0.000000150. The molecule has 0 unspecified atom stereocenters. The van der Waals surface area contributed by atoms with Gasteiger partial charge in [0.1, 0.15) is 0 Å². The van der Waals surface area contributed by atoms with E-state index in [0.717, 1.165) is 21.2 Å². The van der Waals surface area contributed by atoms with Crippen LogP contribution in [0.2, 0.25) is 14.8 Å². The van der Waals surface area contributed by atoms with Crippen molar-refractivity contribution in [2.24, 2.45) is 0 Å². The molecule has 0 saturated heterocycles. The first-order valence-corrected chi connectivity index (χ1v) is 19.1. The Bertz CT molecular complexity index is 1030. The number of hydrogen-bond acceptors (Lipinski definition) is 2. The van der Waals surface area contributed by atoms with Crippen LogP contribution in [0.5, 0.6) is 0 Å². The van der Waals surface area contributed by atoms with E-state index in [0.29, 0.717) is 0 Å². The number of nitrogens with zero attached hydrogens (tertiary/aromatic N) is 2. The summed E-state index contributed by atoms with van der Waals surface area (Å²) in [5.41, 5.74) is 4.39. The van der Waals surface area contributed by atoms with Gasteiger partial charge in [0.15, 0.2) is 0 Å². The molecule has 0 amide bonds. The van der Waals surface area contributed by atoms with Crippen molar-refractivity contribution in [2.75, 3.05) is 0 Å². The first-order chi connectivity index (χ1) is 11.8. The zero-order chi connectivity index (χ0) is 18.2. The van der Waals surface area contributed by atoms with Gasteiger partial charge in [0, 0.05) is 15.6 Å². The molecule has 0 radical (unpaired) electrons. The summed E-state index contributed by atoms with van der Waals surface area (Å²) in [5.74, 6) is 0. The topological polar surface area (TPSA) is 57.4 Å². The third kappa shape index (κ3) is 4.08. The van der Waals surface area contributed by atoms with Gasteiger partial charge in [0.25, 0.3) is 0 Å². The Labute approximate surface area is 160 Å². The number of H-pyrrole nitrogens is 2. The molecule has 0 fully saturated rings. The number of benzene rings is 2. The van der Waals surface area contributed by atoms with Crippen molar-refractivity contribution in [3.05, 3.63) is 52.3 Å². The Kier molecular flexibility index (Phi) is 5.25. The summed E-state index contributed by atoms with van der Waals surface area (Å²) in [6.45, 7) is 4.10. The second-order valence-corrected chi connectivity index (χ2v) is 22.7. The van der Waals surface area contributed by atoms with E-state index in [1.165, 1.54) is 16.5 Å². The molecule has 2 heterocycles. The Morgan fingerprint density at radius 1 is 0.800 bits per heavy atom. The van der Waals surface area contributed by atoms with Crippen LogP contribution in [0.25, 0.3) is 21.8 Å². The van der Waals surface area contributed by atoms with Crippen molar-refractivity contribution in [3.8, 4) is 0 Å². The summed E-state index contributed by atoms with van der Waals surface area (Å²) in [5, 5.41) is 16.8. The SMILES string of the molecule is Cc1[nH]nc2cc[c]([Sn]([CH3])([CH3])[CH3])cc12.Cc1[nH]nc2ccc(Br)cc12. The molecule has 0 saturated carbocycles.